The molecule has 1 saturated carbocycles. The number of nitrogens with zero attached hydrogens (tertiary/aromatic N) is 3. The summed E-state index contributed by atoms with van der Waals surface area (Å²) >= 11 is 6.00. The number of fused-ring (bicyclic) bond motifs is 2. The number of hydrogen-bond acceptors (Lipinski definition) is 7. The Bertz CT molecular complexity index is 1810. The van der Waals surface area contributed by atoms with Crippen LogP contribution in [0.3, 0.4) is 0 Å². The zero-order valence-corrected chi connectivity index (χ0v) is 24.3. The number of amides is 2. The van der Waals surface area contributed by atoms with Crippen LogP contribution in [-0.4, -0.2) is 58.1 Å². The van der Waals surface area contributed by atoms with E-state index in [1.165, 1.54) is 50.4 Å². The number of carbonyl (C=O) groups excluding carboxylic acids is 2. The number of pyridine rings is 1. The van der Waals surface area contributed by atoms with Crippen LogP contribution in [0.15, 0.2) is 48.7 Å². The maximum atomic E-state index is 14.7. The average molecular weight is 630 g/mol. The first-order valence-corrected chi connectivity index (χ1v) is 14.0. The van der Waals surface area contributed by atoms with Crippen LogP contribution >= 0.6 is 11.6 Å². The lowest BCUT2D eigenvalue weighted by atomic mass is 9.81. The standard InChI is InChI=1S/C30H27ClF3N5O5/c1-28(27(35)41)14-44-25-20(28)11-22(37-24(25)15-3-5-18(31)6-4-15)29(42,30(32,33)34)13-36-26(40)16-9-17-12-39(19-7-8-19)38-23(17)21(10-16)43-2/h3-6,9-12,19,42H,7-8,13-14H2,1-2H3,(H2,35,41)(H,36,40)/t28-,29?/m0/s1. The summed E-state index contributed by atoms with van der Waals surface area (Å²) in [5.41, 5.74) is 0.396. The van der Waals surface area contributed by atoms with E-state index in [1.54, 1.807) is 10.9 Å². The van der Waals surface area contributed by atoms with Gasteiger partial charge >= 0.3 is 6.18 Å². The molecule has 0 radical (unpaired) electrons. The van der Waals surface area contributed by atoms with Crippen LogP contribution < -0.4 is 20.5 Å². The van der Waals surface area contributed by atoms with Gasteiger partial charge in [-0.25, -0.2) is 4.98 Å². The fraction of sp³-hybridized carbons (Fsp3) is 0.333. The van der Waals surface area contributed by atoms with Gasteiger partial charge in [0.25, 0.3) is 5.91 Å². The molecule has 1 unspecified atom stereocenters. The van der Waals surface area contributed by atoms with Crippen molar-refractivity contribution >= 4 is 34.3 Å². The van der Waals surface area contributed by atoms with Crippen LogP contribution in [0, 0.1) is 0 Å². The molecule has 6 rings (SSSR count). The minimum Gasteiger partial charge on any atom is -0.494 e. The number of benzene rings is 2. The Morgan fingerprint density at radius 3 is 2.55 bits per heavy atom. The summed E-state index contributed by atoms with van der Waals surface area (Å²) in [5.74, 6) is -1.40. The quantitative estimate of drug-likeness (QED) is 0.262. The fourth-order valence-corrected chi connectivity index (χ4v) is 5.31. The zero-order chi connectivity index (χ0) is 31.6. The third kappa shape index (κ3) is 4.89. The number of primary amides is 1. The number of nitrogens with one attached hydrogen (secondary N) is 1. The van der Waals surface area contributed by atoms with Crippen molar-refractivity contribution < 1.29 is 37.3 Å². The van der Waals surface area contributed by atoms with Crippen LogP contribution in [0.4, 0.5) is 13.2 Å². The third-order valence-corrected chi connectivity index (χ3v) is 8.38. The maximum Gasteiger partial charge on any atom is 0.424 e. The van der Waals surface area contributed by atoms with Crippen LogP contribution in [0.1, 0.15) is 47.4 Å². The summed E-state index contributed by atoms with van der Waals surface area (Å²) in [7, 11) is 1.40. The molecule has 230 valence electrons. The fourth-order valence-electron chi connectivity index (χ4n) is 5.18. The van der Waals surface area contributed by atoms with Crippen molar-refractivity contribution in [3.05, 3.63) is 70.5 Å². The van der Waals surface area contributed by atoms with Gasteiger partial charge in [-0.3, -0.25) is 14.3 Å². The highest BCUT2D eigenvalue weighted by Gasteiger charge is 2.57. The van der Waals surface area contributed by atoms with E-state index in [-0.39, 0.29) is 41.0 Å². The molecular weight excluding hydrogens is 603 g/mol. The van der Waals surface area contributed by atoms with Crippen molar-refractivity contribution in [2.45, 2.75) is 43.0 Å². The second-order valence-corrected chi connectivity index (χ2v) is 11.7. The van der Waals surface area contributed by atoms with Gasteiger partial charge in [0, 0.05) is 33.3 Å². The Morgan fingerprint density at radius 1 is 1.23 bits per heavy atom. The van der Waals surface area contributed by atoms with Crippen molar-refractivity contribution in [1.82, 2.24) is 20.1 Å². The van der Waals surface area contributed by atoms with Crippen LogP contribution in [0.5, 0.6) is 11.5 Å². The number of hydrogen-bond donors (Lipinski definition) is 3. The monoisotopic (exact) mass is 629 g/mol. The smallest absolute Gasteiger partial charge is 0.424 e. The van der Waals surface area contributed by atoms with Crippen LogP contribution in [0.2, 0.25) is 5.02 Å². The molecule has 1 aliphatic carbocycles. The molecular formula is C30H27ClF3N5O5. The number of nitrogens with two attached hydrogens (primary N) is 1. The van der Waals surface area contributed by atoms with E-state index in [0.29, 0.717) is 21.5 Å². The Morgan fingerprint density at radius 2 is 1.93 bits per heavy atom. The molecule has 10 nitrogen and oxygen atoms in total. The molecule has 2 aliphatic rings. The van der Waals surface area contributed by atoms with E-state index in [0.717, 1.165) is 18.9 Å². The second kappa shape index (κ2) is 10.4. The highest BCUT2D eigenvalue weighted by atomic mass is 35.5. The van der Waals surface area contributed by atoms with Gasteiger partial charge in [0.1, 0.15) is 34.7 Å². The Kier molecular flexibility index (Phi) is 7.00. The Labute approximate surface area is 253 Å². The number of carbonyl (C=O) groups is 2. The summed E-state index contributed by atoms with van der Waals surface area (Å²) in [6, 6.07) is 10.1. The molecule has 4 N–H and O–H groups in total. The van der Waals surface area contributed by atoms with Gasteiger partial charge in [-0.05, 0) is 50.1 Å². The molecule has 2 atom stereocenters. The number of halogens is 4. The molecule has 0 saturated heterocycles. The second-order valence-electron chi connectivity index (χ2n) is 11.2. The predicted octanol–water partition coefficient (Wildman–Crippen LogP) is 4.41. The number of rotatable bonds is 8. The molecule has 3 heterocycles. The Hall–Kier alpha value is -4.36. The number of methoxy groups -OCH3 is 1. The molecule has 14 heteroatoms. The van der Waals surface area contributed by atoms with Crippen LogP contribution in [-0.2, 0) is 15.8 Å². The molecule has 2 amide bonds. The summed E-state index contributed by atoms with van der Waals surface area (Å²) in [6.45, 7) is -0.108. The summed E-state index contributed by atoms with van der Waals surface area (Å²) in [4.78, 5) is 29.8. The average Bonchev–Trinajstić information content (AvgIpc) is 3.65. The topological polar surface area (TPSA) is 142 Å². The van der Waals surface area contributed by atoms with Gasteiger partial charge in [-0.2, -0.15) is 18.3 Å². The highest BCUT2D eigenvalue weighted by Crippen LogP contribution is 2.48. The maximum absolute atomic E-state index is 14.7. The van der Waals surface area contributed by atoms with E-state index < -0.39 is 41.2 Å². The van der Waals surface area contributed by atoms with Crippen molar-refractivity contribution in [2.24, 2.45) is 5.73 Å². The number of ether oxygens (including phenoxy) is 2. The Balaban J connectivity index is 1.40. The molecule has 0 spiro atoms. The van der Waals surface area contributed by atoms with E-state index in [9.17, 15) is 27.9 Å². The first-order chi connectivity index (χ1) is 20.7. The van der Waals surface area contributed by atoms with Crippen LogP contribution in [0.25, 0.3) is 22.2 Å². The van der Waals surface area contributed by atoms with Gasteiger partial charge in [-0.1, -0.05) is 23.7 Å². The first-order valence-electron chi connectivity index (χ1n) is 13.6. The minimum absolute atomic E-state index is 0.00712. The molecule has 0 bridgehead atoms. The van der Waals surface area contributed by atoms with Gasteiger partial charge in [0.05, 0.1) is 25.4 Å². The highest BCUT2D eigenvalue weighted by molar-refractivity contribution is 6.30. The van der Waals surface area contributed by atoms with E-state index in [1.807, 2.05) is 0 Å². The van der Waals surface area contributed by atoms with Crippen molar-refractivity contribution in [3.8, 4) is 22.8 Å². The molecule has 2 aromatic heterocycles. The molecule has 1 aliphatic heterocycles. The van der Waals surface area contributed by atoms with E-state index in [4.69, 9.17) is 26.8 Å². The lowest BCUT2D eigenvalue weighted by Crippen LogP contribution is -2.51. The van der Waals surface area contributed by atoms with Gasteiger partial charge in [0.2, 0.25) is 11.5 Å². The first kappa shape index (κ1) is 29.7. The SMILES string of the molecule is COc1cc(C(=O)NCC(O)(c2cc3c(c(-c4ccc(Cl)cc4)n2)OC[C@]3(C)C(N)=O)C(F)(F)F)cc2cn(C3CC3)nc12. The number of aliphatic hydroxyl groups is 1. The van der Waals surface area contributed by atoms with Crippen molar-refractivity contribution in [3.63, 3.8) is 0 Å². The van der Waals surface area contributed by atoms with Gasteiger partial charge in [0.15, 0.2) is 0 Å². The number of aromatic nitrogens is 3. The molecule has 1 fully saturated rings. The van der Waals surface area contributed by atoms with Crippen molar-refractivity contribution in [2.75, 3.05) is 20.3 Å². The van der Waals surface area contributed by atoms with E-state index >= 15 is 0 Å². The normalized spacial score (nSPS) is 19.2. The minimum atomic E-state index is -5.31. The van der Waals surface area contributed by atoms with E-state index in [2.05, 4.69) is 15.4 Å². The van der Waals surface area contributed by atoms with Crippen molar-refractivity contribution in [1.29, 1.82) is 0 Å². The summed E-state index contributed by atoms with van der Waals surface area (Å²) in [5, 5.41) is 19.0. The predicted molar refractivity (Wildman–Crippen MR) is 154 cm³/mol. The van der Waals surface area contributed by atoms with Gasteiger partial charge < -0.3 is 25.6 Å². The largest absolute Gasteiger partial charge is 0.494 e. The lowest BCUT2D eigenvalue weighted by Gasteiger charge is -2.31. The molecule has 4 aromatic rings. The van der Waals surface area contributed by atoms with Gasteiger partial charge in [-0.15, -0.1) is 0 Å². The zero-order valence-electron chi connectivity index (χ0n) is 23.5. The molecule has 2 aromatic carbocycles. The lowest BCUT2D eigenvalue weighted by molar-refractivity contribution is -0.265. The summed E-state index contributed by atoms with van der Waals surface area (Å²) in [6.07, 6.45) is -1.61. The number of alkyl halides is 3. The third-order valence-electron chi connectivity index (χ3n) is 8.13. The molecule has 44 heavy (non-hydrogen) atoms. The summed E-state index contributed by atoms with van der Waals surface area (Å²) < 4.78 is 57.1.